The van der Waals surface area contributed by atoms with Crippen LogP contribution in [-0.4, -0.2) is 41.3 Å². The van der Waals surface area contributed by atoms with Gasteiger partial charge in [-0.05, 0) is 37.1 Å². The molecular weight excluding hydrogens is 336 g/mol. The summed E-state index contributed by atoms with van der Waals surface area (Å²) >= 11 is 0. The van der Waals surface area contributed by atoms with E-state index in [0.29, 0.717) is 30.4 Å². The number of ether oxygens (including phenoxy) is 2. The van der Waals surface area contributed by atoms with E-state index in [1.165, 1.54) is 0 Å². The van der Waals surface area contributed by atoms with Crippen molar-refractivity contribution in [2.75, 3.05) is 20.3 Å². The highest BCUT2D eigenvalue weighted by Gasteiger charge is 2.23. The molecule has 1 amide bonds. The van der Waals surface area contributed by atoms with E-state index < -0.39 is 0 Å². The molecule has 1 fully saturated rings. The smallest absolute Gasteiger partial charge is 0.267 e. The maximum absolute atomic E-state index is 12.3. The minimum atomic E-state index is -0.178. The van der Waals surface area contributed by atoms with Gasteiger partial charge in [-0.25, -0.2) is 0 Å². The molecule has 0 saturated carbocycles. The maximum Gasteiger partial charge on any atom is 0.267 e. The van der Waals surface area contributed by atoms with Crippen LogP contribution in [0.4, 0.5) is 0 Å². The minimum absolute atomic E-state index is 0.0887. The zero-order valence-electron chi connectivity index (χ0n) is 14.4. The highest BCUT2D eigenvalue weighted by Crippen LogP contribution is 2.27. The van der Waals surface area contributed by atoms with Gasteiger partial charge in [0.15, 0.2) is 5.82 Å². The van der Waals surface area contributed by atoms with Crippen LogP contribution in [0.5, 0.6) is 5.75 Å². The molecule has 2 N–H and O–H groups in total. The lowest BCUT2D eigenvalue weighted by Gasteiger charge is -2.01. The largest absolute Gasteiger partial charge is 0.497 e. The van der Waals surface area contributed by atoms with E-state index in [1.807, 2.05) is 18.2 Å². The van der Waals surface area contributed by atoms with E-state index in [9.17, 15) is 4.79 Å². The number of nitrogens with one attached hydrogen (secondary N) is 2. The van der Waals surface area contributed by atoms with E-state index in [2.05, 4.69) is 20.4 Å². The van der Waals surface area contributed by atoms with Crippen LogP contribution in [0.3, 0.4) is 0 Å². The molecular formula is C18H20N4O4. The fourth-order valence-corrected chi connectivity index (χ4v) is 3.02. The lowest BCUT2D eigenvalue weighted by Crippen LogP contribution is -2.26. The van der Waals surface area contributed by atoms with Gasteiger partial charge in [0.2, 0.25) is 0 Å². The Bertz CT molecular complexity index is 911. The number of H-pyrrole nitrogens is 1. The number of nitrogens with zero attached hydrogens (tertiary/aromatic N) is 2. The summed E-state index contributed by atoms with van der Waals surface area (Å²) in [7, 11) is 1.61. The van der Waals surface area contributed by atoms with Gasteiger partial charge < -0.3 is 24.3 Å². The number of amides is 1. The number of carbonyl (C=O) groups excluding carboxylic acids is 1. The first-order chi connectivity index (χ1) is 12.7. The van der Waals surface area contributed by atoms with E-state index in [1.54, 1.807) is 13.2 Å². The molecule has 2 aromatic heterocycles. The van der Waals surface area contributed by atoms with Gasteiger partial charge in [-0.2, -0.15) is 4.98 Å². The predicted octanol–water partition coefficient (Wildman–Crippen LogP) is 2.38. The fraction of sp³-hybridized carbons (Fsp3) is 0.389. The summed E-state index contributed by atoms with van der Waals surface area (Å²) in [6.07, 6.45) is 2.32. The zero-order valence-corrected chi connectivity index (χ0v) is 14.4. The molecule has 1 aliphatic heterocycles. The third-order valence-electron chi connectivity index (χ3n) is 4.40. The van der Waals surface area contributed by atoms with Gasteiger partial charge in [0, 0.05) is 30.5 Å². The Morgan fingerprint density at radius 3 is 3.15 bits per heavy atom. The second-order valence-electron chi connectivity index (χ2n) is 6.19. The van der Waals surface area contributed by atoms with Gasteiger partial charge in [-0.3, -0.25) is 4.79 Å². The standard InChI is InChI=1S/C18H20N4O4/c1-24-12-4-5-13-11(9-12)10-14(20-13)17(23)19-7-6-16-21-18(26-22-16)15-3-2-8-25-15/h4-5,9-10,15,20H,2-3,6-8H2,1H3,(H,19,23)/t15-/m0/s1. The van der Waals surface area contributed by atoms with Crippen LogP contribution in [-0.2, 0) is 11.2 Å². The number of aromatic amines is 1. The number of benzene rings is 1. The van der Waals surface area contributed by atoms with Crippen molar-refractivity contribution < 1.29 is 18.8 Å². The molecule has 1 aromatic carbocycles. The molecule has 1 aliphatic rings. The molecule has 0 bridgehead atoms. The average Bonchev–Trinajstić information content (AvgIpc) is 3.39. The van der Waals surface area contributed by atoms with Crippen LogP contribution in [0, 0.1) is 0 Å². The first-order valence-electron chi connectivity index (χ1n) is 8.62. The number of hydrogen-bond acceptors (Lipinski definition) is 6. The Hall–Kier alpha value is -2.87. The fourth-order valence-electron chi connectivity index (χ4n) is 3.02. The van der Waals surface area contributed by atoms with Gasteiger partial charge in [0.05, 0.1) is 7.11 Å². The van der Waals surface area contributed by atoms with Gasteiger partial charge in [0.25, 0.3) is 11.8 Å². The van der Waals surface area contributed by atoms with Crippen LogP contribution < -0.4 is 10.1 Å². The zero-order chi connectivity index (χ0) is 17.9. The molecule has 8 nitrogen and oxygen atoms in total. The number of carbonyl (C=O) groups is 1. The lowest BCUT2D eigenvalue weighted by molar-refractivity contribution is 0.0835. The van der Waals surface area contributed by atoms with Crippen LogP contribution in [0.15, 0.2) is 28.8 Å². The second-order valence-corrected chi connectivity index (χ2v) is 6.19. The molecule has 3 aromatic rings. The monoisotopic (exact) mass is 356 g/mol. The normalized spacial score (nSPS) is 16.9. The van der Waals surface area contributed by atoms with E-state index in [4.69, 9.17) is 14.0 Å². The van der Waals surface area contributed by atoms with Crippen molar-refractivity contribution in [2.45, 2.75) is 25.4 Å². The molecule has 3 heterocycles. The summed E-state index contributed by atoms with van der Waals surface area (Å²) in [5, 5.41) is 7.73. The highest BCUT2D eigenvalue weighted by atomic mass is 16.5. The highest BCUT2D eigenvalue weighted by molar-refractivity contribution is 5.98. The van der Waals surface area contributed by atoms with E-state index in [-0.39, 0.29) is 12.0 Å². The summed E-state index contributed by atoms with van der Waals surface area (Å²) in [5.41, 5.74) is 1.39. The number of fused-ring (bicyclic) bond motifs is 1. The third-order valence-corrected chi connectivity index (χ3v) is 4.40. The Kier molecular flexibility index (Phi) is 4.57. The number of hydrogen-bond donors (Lipinski definition) is 2. The molecule has 0 aliphatic carbocycles. The molecule has 136 valence electrons. The van der Waals surface area contributed by atoms with Crippen LogP contribution >= 0.6 is 0 Å². The van der Waals surface area contributed by atoms with Crippen molar-refractivity contribution in [2.24, 2.45) is 0 Å². The number of methoxy groups -OCH3 is 1. The predicted molar refractivity (Wildman–Crippen MR) is 93.1 cm³/mol. The van der Waals surface area contributed by atoms with Crippen LogP contribution in [0.2, 0.25) is 0 Å². The van der Waals surface area contributed by atoms with Crippen LogP contribution in [0.1, 0.15) is 41.1 Å². The maximum atomic E-state index is 12.3. The summed E-state index contributed by atoms with van der Waals surface area (Å²) in [4.78, 5) is 19.8. The van der Waals surface area contributed by atoms with Crippen molar-refractivity contribution in [1.29, 1.82) is 0 Å². The first-order valence-corrected chi connectivity index (χ1v) is 8.62. The second kappa shape index (κ2) is 7.17. The topological polar surface area (TPSA) is 102 Å². The molecule has 1 atom stereocenters. The SMILES string of the molecule is COc1ccc2[nH]c(C(=O)NCCc3noc([C@@H]4CCCO4)n3)cc2c1. The molecule has 8 heteroatoms. The van der Waals surface area contributed by atoms with E-state index >= 15 is 0 Å². The van der Waals surface area contributed by atoms with Crippen molar-refractivity contribution in [3.8, 4) is 5.75 Å². The van der Waals surface area contributed by atoms with Crippen molar-refractivity contribution in [1.82, 2.24) is 20.4 Å². The number of rotatable bonds is 6. The average molecular weight is 356 g/mol. The first kappa shape index (κ1) is 16.6. The Morgan fingerprint density at radius 2 is 2.35 bits per heavy atom. The molecule has 0 unspecified atom stereocenters. The van der Waals surface area contributed by atoms with Crippen molar-refractivity contribution in [3.63, 3.8) is 0 Å². The van der Waals surface area contributed by atoms with E-state index in [0.717, 1.165) is 36.1 Å². The molecule has 0 radical (unpaired) electrons. The van der Waals surface area contributed by atoms with Gasteiger partial charge in [0.1, 0.15) is 17.5 Å². The van der Waals surface area contributed by atoms with Gasteiger partial charge in [-0.1, -0.05) is 5.16 Å². The van der Waals surface area contributed by atoms with Gasteiger partial charge in [-0.15, -0.1) is 0 Å². The van der Waals surface area contributed by atoms with Crippen molar-refractivity contribution in [3.05, 3.63) is 41.7 Å². The summed E-state index contributed by atoms with van der Waals surface area (Å²) < 4.78 is 16.0. The third kappa shape index (κ3) is 3.41. The lowest BCUT2D eigenvalue weighted by atomic mass is 10.2. The Morgan fingerprint density at radius 1 is 1.42 bits per heavy atom. The Labute approximate surface area is 149 Å². The van der Waals surface area contributed by atoms with Crippen LogP contribution in [0.25, 0.3) is 10.9 Å². The summed E-state index contributed by atoms with van der Waals surface area (Å²) in [5.74, 6) is 1.66. The van der Waals surface area contributed by atoms with Gasteiger partial charge >= 0.3 is 0 Å². The molecule has 0 spiro atoms. The quantitative estimate of drug-likeness (QED) is 0.703. The Balaban J connectivity index is 1.33. The molecule has 4 rings (SSSR count). The molecule has 26 heavy (non-hydrogen) atoms. The summed E-state index contributed by atoms with van der Waals surface area (Å²) in [6.45, 7) is 1.15. The van der Waals surface area contributed by atoms with Crippen molar-refractivity contribution >= 4 is 16.8 Å². The molecule has 1 saturated heterocycles. The number of aromatic nitrogens is 3. The minimum Gasteiger partial charge on any atom is -0.497 e. The summed E-state index contributed by atoms with van der Waals surface area (Å²) in [6, 6.07) is 7.42.